The average molecular weight is 270 g/mol. The summed E-state index contributed by atoms with van der Waals surface area (Å²) in [5.41, 5.74) is 1.22. The van der Waals surface area contributed by atoms with E-state index < -0.39 is 0 Å². The van der Waals surface area contributed by atoms with Crippen molar-refractivity contribution < 1.29 is 9.84 Å². The van der Waals surface area contributed by atoms with E-state index in [0.717, 1.165) is 12.2 Å². The summed E-state index contributed by atoms with van der Waals surface area (Å²) in [5, 5.41) is 12.9. The summed E-state index contributed by atoms with van der Waals surface area (Å²) in [6.07, 6.45) is 5.42. The first kappa shape index (κ1) is 13.4. The number of hydrogen-bond donors (Lipinski definition) is 1. The van der Waals surface area contributed by atoms with E-state index in [4.69, 9.17) is 4.74 Å². The maximum absolute atomic E-state index is 10.5. The van der Waals surface area contributed by atoms with E-state index in [2.05, 4.69) is 30.3 Å². The van der Waals surface area contributed by atoms with Gasteiger partial charge in [-0.25, -0.2) is 0 Å². The Balaban J connectivity index is 1.89. The van der Waals surface area contributed by atoms with Crippen LogP contribution < -0.4 is 4.74 Å². The van der Waals surface area contributed by atoms with Crippen LogP contribution in [0.1, 0.15) is 31.2 Å². The van der Waals surface area contributed by atoms with E-state index in [0.29, 0.717) is 5.92 Å². The maximum atomic E-state index is 10.5. The van der Waals surface area contributed by atoms with Crippen LogP contribution in [0.5, 0.6) is 5.75 Å². The Labute approximate surface area is 120 Å². The Hall–Kier alpha value is -1.54. The molecule has 1 aliphatic rings. The third-order valence-electron chi connectivity index (χ3n) is 4.55. The standard InChI is InChI=1S/C18H22O2/c1-20-16-10-9-13-7-4-8-15(17(13)12-16)11-18(19)14-5-2-3-6-14/h4,7-10,12,14,18-19H,2-3,5-6,11H2,1H3. The number of aliphatic hydroxyl groups is 1. The van der Waals surface area contributed by atoms with Crippen LogP contribution in [0.4, 0.5) is 0 Å². The number of benzene rings is 2. The summed E-state index contributed by atoms with van der Waals surface area (Å²) in [4.78, 5) is 0. The van der Waals surface area contributed by atoms with Gasteiger partial charge >= 0.3 is 0 Å². The molecule has 0 bridgehead atoms. The van der Waals surface area contributed by atoms with Crippen molar-refractivity contribution in [1.29, 1.82) is 0 Å². The molecule has 106 valence electrons. The SMILES string of the molecule is COc1ccc2cccc(CC(O)C3CCCC3)c2c1. The highest BCUT2D eigenvalue weighted by atomic mass is 16.5. The van der Waals surface area contributed by atoms with Crippen molar-refractivity contribution in [3.8, 4) is 5.75 Å². The van der Waals surface area contributed by atoms with Crippen molar-refractivity contribution in [3.05, 3.63) is 42.0 Å². The van der Waals surface area contributed by atoms with Crippen molar-refractivity contribution in [2.24, 2.45) is 5.92 Å². The van der Waals surface area contributed by atoms with Gasteiger partial charge in [-0.05, 0) is 53.6 Å². The molecular formula is C18H22O2. The van der Waals surface area contributed by atoms with Crippen molar-refractivity contribution >= 4 is 10.8 Å². The molecule has 1 atom stereocenters. The summed E-state index contributed by atoms with van der Waals surface area (Å²) in [5.74, 6) is 1.36. The molecule has 1 saturated carbocycles. The van der Waals surface area contributed by atoms with E-state index in [1.54, 1.807) is 7.11 Å². The second-order valence-electron chi connectivity index (χ2n) is 5.82. The average Bonchev–Trinajstić information content (AvgIpc) is 3.01. The number of ether oxygens (including phenoxy) is 1. The number of hydrogen-bond acceptors (Lipinski definition) is 2. The van der Waals surface area contributed by atoms with Gasteiger partial charge in [0.2, 0.25) is 0 Å². The third-order valence-corrected chi connectivity index (χ3v) is 4.55. The lowest BCUT2D eigenvalue weighted by molar-refractivity contribution is 0.111. The predicted molar refractivity (Wildman–Crippen MR) is 82.2 cm³/mol. The predicted octanol–water partition coefficient (Wildman–Crippen LogP) is 3.94. The van der Waals surface area contributed by atoms with Gasteiger partial charge in [-0.1, -0.05) is 37.1 Å². The number of rotatable bonds is 4. The zero-order valence-corrected chi connectivity index (χ0v) is 12.0. The molecule has 1 fully saturated rings. The largest absolute Gasteiger partial charge is 0.497 e. The number of fused-ring (bicyclic) bond motifs is 1. The molecule has 0 amide bonds. The lowest BCUT2D eigenvalue weighted by Gasteiger charge is -2.18. The Morgan fingerprint density at radius 3 is 2.75 bits per heavy atom. The molecule has 0 aliphatic heterocycles. The number of methoxy groups -OCH3 is 1. The van der Waals surface area contributed by atoms with Gasteiger partial charge in [-0.2, -0.15) is 0 Å². The minimum atomic E-state index is -0.214. The molecular weight excluding hydrogens is 248 g/mol. The van der Waals surface area contributed by atoms with Crippen LogP contribution in [0.3, 0.4) is 0 Å². The summed E-state index contributed by atoms with van der Waals surface area (Å²) < 4.78 is 5.32. The van der Waals surface area contributed by atoms with Crippen molar-refractivity contribution in [3.63, 3.8) is 0 Å². The minimum absolute atomic E-state index is 0.214. The maximum Gasteiger partial charge on any atom is 0.119 e. The van der Waals surface area contributed by atoms with Crippen LogP contribution in [0.25, 0.3) is 10.8 Å². The monoisotopic (exact) mass is 270 g/mol. The van der Waals surface area contributed by atoms with Gasteiger partial charge < -0.3 is 9.84 Å². The summed E-state index contributed by atoms with van der Waals surface area (Å²) in [6, 6.07) is 12.5. The summed E-state index contributed by atoms with van der Waals surface area (Å²) >= 11 is 0. The fourth-order valence-corrected chi connectivity index (χ4v) is 3.36. The highest BCUT2D eigenvalue weighted by molar-refractivity contribution is 5.87. The molecule has 1 N–H and O–H groups in total. The Kier molecular flexibility index (Phi) is 3.93. The first-order valence-electron chi connectivity index (χ1n) is 7.51. The van der Waals surface area contributed by atoms with Crippen molar-refractivity contribution in [2.45, 2.75) is 38.2 Å². The Bertz CT molecular complexity index is 585. The van der Waals surface area contributed by atoms with Gasteiger partial charge in [0.1, 0.15) is 5.75 Å². The first-order valence-corrected chi connectivity index (χ1v) is 7.51. The highest BCUT2D eigenvalue weighted by Gasteiger charge is 2.23. The molecule has 2 heteroatoms. The molecule has 0 spiro atoms. The fraction of sp³-hybridized carbons (Fsp3) is 0.444. The van der Waals surface area contributed by atoms with E-state index in [1.807, 2.05) is 6.07 Å². The van der Waals surface area contributed by atoms with Crippen molar-refractivity contribution in [2.75, 3.05) is 7.11 Å². The zero-order chi connectivity index (χ0) is 13.9. The second-order valence-corrected chi connectivity index (χ2v) is 5.82. The highest BCUT2D eigenvalue weighted by Crippen LogP contribution is 2.31. The van der Waals surface area contributed by atoms with Gasteiger partial charge in [0, 0.05) is 0 Å². The molecule has 3 rings (SSSR count). The van der Waals surface area contributed by atoms with E-state index in [1.165, 1.54) is 42.0 Å². The van der Waals surface area contributed by atoms with Gasteiger partial charge in [-0.15, -0.1) is 0 Å². The van der Waals surface area contributed by atoms with Gasteiger partial charge in [-0.3, -0.25) is 0 Å². The smallest absolute Gasteiger partial charge is 0.119 e. The normalized spacial score (nSPS) is 17.5. The molecule has 1 unspecified atom stereocenters. The summed E-state index contributed by atoms with van der Waals surface area (Å²) in [7, 11) is 1.69. The quantitative estimate of drug-likeness (QED) is 0.911. The van der Waals surface area contributed by atoms with Crippen LogP contribution in [0.15, 0.2) is 36.4 Å². The minimum Gasteiger partial charge on any atom is -0.497 e. The first-order chi connectivity index (χ1) is 9.78. The Morgan fingerprint density at radius 1 is 1.20 bits per heavy atom. The lowest BCUT2D eigenvalue weighted by Crippen LogP contribution is -2.20. The third kappa shape index (κ3) is 2.66. The zero-order valence-electron chi connectivity index (χ0n) is 12.0. The lowest BCUT2D eigenvalue weighted by atomic mass is 9.92. The topological polar surface area (TPSA) is 29.5 Å². The van der Waals surface area contributed by atoms with Crippen LogP contribution in [-0.4, -0.2) is 18.3 Å². The fourth-order valence-electron chi connectivity index (χ4n) is 3.36. The van der Waals surface area contributed by atoms with Crippen LogP contribution in [0.2, 0.25) is 0 Å². The molecule has 0 saturated heterocycles. The van der Waals surface area contributed by atoms with Crippen LogP contribution in [-0.2, 0) is 6.42 Å². The summed E-state index contributed by atoms with van der Waals surface area (Å²) in [6.45, 7) is 0. The molecule has 2 aromatic rings. The van der Waals surface area contributed by atoms with Crippen LogP contribution in [0, 0.1) is 5.92 Å². The van der Waals surface area contributed by atoms with Gasteiger partial charge in [0.25, 0.3) is 0 Å². The molecule has 0 heterocycles. The molecule has 0 radical (unpaired) electrons. The van der Waals surface area contributed by atoms with Crippen LogP contribution >= 0.6 is 0 Å². The molecule has 0 aromatic heterocycles. The second kappa shape index (κ2) is 5.84. The molecule has 20 heavy (non-hydrogen) atoms. The van der Waals surface area contributed by atoms with E-state index >= 15 is 0 Å². The molecule has 2 aromatic carbocycles. The number of aliphatic hydroxyl groups excluding tert-OH is 1. The van der Waals surface area contributed by atoms with E-state index in [9.17, 15) is 5.11 Å². The van der Waals surface area contributed by atoms with Crippen molar-refractivity contribution in [1.82, 2.24) is 0 Å². The Morgan fingerprint density at radius 2 is 2.00 bits per heavy atom. The molecule has 1 aliphatic carbocycles. The van der Waals surface area contributed by atoms with Gasteiger partial charge in [0.15, 0.2) is 0 Å². The molecule has 2 nitrogen and oxygen atoms in total. The van der Waals surface area contributed by atoms with E-state index in [-0.39, 0.29) is 6.10 Å². The van der Waals surface area contributed by atoms with Gasteiger partial charge in [0.05, 0.1) is 13.2 Å².